The Kier molecular flexibility index (Phi) is 3.98. The Morgan fingerprint density at radius 2 is 1.75 bits per heavy atom. The summed E-state index contributed by atoms with van der Waals surface area (Å²) >= 11 is 0. The number of nitrogens with one attached hydrogen (secondary N) is 1. The second-order valence-electron chi connectivity index (χ2n) is 7.47. The molecule has 6 nitrogen and oxygen atoms in total. The molecule has 0 bridgehead atoms. The lowest BCUT2D eigenvalue weighted by molar-refractivity contribution is 1.14. The summed E-state index contributed by atoms with van der Waals surface area (Å²) in [5.74, 6) is 0. The van der Waals surface area contributed by atoms with Gasteiger partial charge in [-0.25, -0.2) is 4.98 Å². The number of fused-ring (bicyclic) bond motifs is 6. The van der Waals surface area contributed by atoms with Crippen LogP contribution < -0.4 is 0 Å². The molecule has 0 aliphatic carbocycles. The number of hydrogen-bond donors (Lipinski definition) is 1. The van der Waals surface area contributed by atoms with E-state index in [1.54, 1.807) is 18.5 Å². The quantitative estimate of drug-likeness (QED) is 0.295. The van der Waals surface area contributed by atoms with Crippen molar-refractivity contribution >= 4 is 55.9 Å². The predicted octanol–water partition coefficient (Wildman–Crippen LogP) is 5.75. The Morgan fingerprint density at radius 3 is 2.56 bits per heavy atom. The van der Waals surface area contributed by atoms with Crippen molar-refractivity contribution in [3.8, 4) is 5.69 Å². The van der Waals surface area contributed by atoms with Crippen LogP contribution in [0.15, 0.2) is 91.9 Å². The van der Waals surface area contributed by atoms with Gasteiger partial charge < -0.3 is 9.98 Å². The molecule has 1 N–H and O–H groups in total. The Morgan fingerprint density at radius 1 is 0.906 bits per heavy atom. The van der Waals surface area contributed by atoms with Crippen LogP contribution in [0.1, 0.15) is 0 Å². The molecule has 0 spiro atoms. The van der Waals surface area contributed by atoms with Crippen molar-refractivity contribution in [3.63, 3.8) is 0 Å². The van der Waals surface area contributed by atoms with Crippen LogP contribution >= 0.6 is 0 Å². The zero-order valence-electron chi connectivity index (χ0n) is 17.1. The summed E-state index contributed by atoms with van der Waals surface area (Å²) in [6.07, 6.45) is 10.2. The lowest BCUT2D eigenvalue weighted by atomic mass is 10.2. The van der Waals surface area contributed by atoms with Crippen LogP contribution in [-0.2, 0) is 0 Å². The molecular formula is C26H18N6. The minimum atomic E-state index is 0.696. The maximum Gasteiger partial charge on any atom is 0.146 e. The lowest BCUT2D eigenvalue weighted by Gasteiger charge is -2.07. The van der Waals surface area contributed by atoms with Crippen LogP contribution in [0, 0.1) is 5.41 Å². The maximum absolute atomic E-state index is 7.99. The fourth-order valence-electron chi connectivity index (χ4n) is 4.44. The van der Waals surface area contributed by atoms with Crippen molar-refractivity contribution in [1.29, 1.82) is 5.41 Å². The van der Waals surface area contributed by atoms with Gasteiger partial charge in [-0.3, -0.25) is 14.5 Å². The molecule has 6 aromatic rings. The first-order chi connectivity index (χ1) is 15.8. The highest BCUT2D eigenvalue weighted by Crippen LogP contribution is 2.36. The molecule has 0 radical (unpaired) electrons. The average molecular weight is 414 g/mol. The first kappa shape index (κ1) is 18.2. The summed E-state index contributed by atoms with van der Waals surface area (Å²) in [5.41, 5.74) is 7.00. The molecule has 0 unspecified atom stereocenters. The van der Waals surface area contributed by atoms with Gasteiger partial charge in [-0.1, -0.05) is 30.9 Å². The Labute approximate surface area is 183 Å². The number of para-hydroxylation sites is 1. The van der Waals surface area contributed by atoms with Gasteiger partial charge in [0.1, 0.15) is 16.7 Å². The second kappa shape index (κ2) is 6.99. The van der Waals surface area contributed by atoms with Gasteiger partial charge in [0, 0.05) is 29.4 Å². The van der Waals surface area contributed by atoms with Crippen molar-refractivity contribution < 1.29 is 0 Å². The summed E-state index contributed by atoms with van der Waals surface area (Å²) in [7, 11) is 0. The number of benzene rings is 1. The average Bonchev–Trinajstić information content (AvgIpc) is 3.34. The molecule has 0 fully saturated rings. The van der Waals surface area contributed by atoms with E-state index in [-0.39, 0.29) is 0 Å². The standard InChI is InChI=1S/C26H18N6/c1-2-7-17(15-27)32-21-10-4-3-9-19(21)20-14-23-25(30-26(20)32)24-22(11-6-13-29-24)31(23)18-8-5-12-28-16-18/h2-16,27H,1H2/b17-7+,27-15?. The number of allylic oxidation sites excluding steroid dienone is 3. The van der Waals surface area contributed by atoms with Gasteiger partial charge in [-0.2, -0.15) is 0 Å². The van der Waals surface area contributed by atoms with E-state index in [1.807, 2.05) is 53.2 Å². The Bertz CT molecular complexity index is 1700. The van der Waals surface area contributed by atoms with E-state index in [1.165, 1.54) is 6.21 Å². The summed E-state index contributed by atoms with van der Waals surface area (Å²) in [6.45, 7) is 3.81. The van der Waals surface area contributed by atoms with Gasteiger partial charge in [0.15, 0.2) is 0 Å². The molecule has 5 aromatic heterocycles. The zero-order chi connectivity index (χ0) is 21.7. The van der Waals surface area contributed by atoms with Gasteiger partial charge in [0.2, 0.25) is 0 Å². The molecule has 0 aliphatic rings. The first-order valence-electron chi connectivity index (χ1n) is 10.2. The third-order valence-electron chi connectivity index (χ3n) is 5.72. The van der Waals surface area contributed by atoms with Gasteiger partial charge in [-0.05, 0) is 42.5 Å². The predicted molar refractivity (Wildman–Crippen MR) is 130 cm³/mol. The van der Waals surface area contributed by atoms with E-state index in [2.05, 4.69) is 39.3 Å². The molecule has 0 atom stereocenters. The highest BCUT2D eigenvalue weighted by Gasteiger charge is 2.20. The van der Waals surface area contributed by atoms with E-state index in [4.69, 9.17) is 10.4 Å². The lowest BCUT2D eigenvalue weighted by Crippen LogP contribution is -1.99. The summed E-state index contributed by atoms with van der Waals surface area (Å²) in [6, 6.07) is 18.3. The Balaban J connectivity index is 1.85. The van der Waals surface area contributed by atoms with Crippen LogP contribution in [-0.4, -0.2) is 30.3 Å². The van der Waals surface area contributed by atoms with E-state index < -0.39 is 0 Å². The molecule has 0 aliphatic heterocycles. The normalized spacial score (nSPS) is 12.2. The maximum atomic E-state index is 7.99. The molecule has 5 heterocycles. The summed E-state index contributed by atoms with van der Waals surface area (Å²) in [4.78, 5) is 14.1. The van der Waals surface area contributed by atoms with Gasteiger partial charge in [-0.15, -0.1) is 0 Å². The first-order valence-corrected chi connectivity index (χ1v) is 10.2. The number of aromatic nitrogens is 5. The van der Waals surface area contributed by atoms with Crippen molar-refractivity contribution in [2.75, 3.05) is 0 Å². The topological polar surface area (TPSA) is 72.4 Å². The molecule has 32 heavy (non-hydrogen) atoms. The van der Waals surface area contributed by atoms with Crippen molar-refractivity contribution in [3.05, 3.63) is 91.9 Å². The van der Waals surface area contributed by atoms with Crippen molar-refractivity contribution in [1.82, 2.24) is 24.1 Å². The highest BCUT2D eigenvalue weighted by molar-refractivity contribution is 6.18. The van der Waals surface area contributed by atoms with Crippen molar-refractivity contribution in [2.24, 2.45) is 0 Å². The molecule has 0 saturated heterocycles. The van der Waals surface area contributed by atoms with Crippen LogP contribution in [0.3, 0.4) is 0 Å². The van der Waals surface area contributed by atoms with Gasteiger partial charge in [0.25, 0.3) is 0 Å². The van der Waals surface area contributed by atoms with E-state index in [0.29, 0.717) is 5.70 Å². The highest BCUT2D eigenvalue weighted by atomic mass is 15.1. The van der Waals surface area contributed by atoms with E-state index >= 15 is 0 Å². The molecule has 6 heteroatoms. The monoisotopic (exact) mass is 414 g/mol. The van der Waals surface area contributed by atoms with Crippen molar-refractivity contribution in [2.45, 2.75) is 0 Å². The molecular weight excluding hydrogens is 396 g/mol. The molecule has 6 rings (SSSR count). The molecule has 1 aromatic carbocycles. The number of nitrogens with zero attached hydrogens (tertiary/aromatic N) is 5. The summed E-state index contributed by atoms with van der Waals surface area (Å²) < 4.78 is 4.16. The zero-order valence-corrected chi connectivity index (χ0v) is 17.1. The Hall–Kier alpha value is -4.58. The SMILES string of the molecule is C=C/C=C(\C=N)n1c2ccccc2c2cc3c(nc21)c1ncccc1n3-c1cccnc1. The van der Waals surface area contributed by atoms with Gasteiger partial charge in [0.05, 0.1) is 34.1 Å². The van der Waals surface area contributed by atoms with Crippen LogP contribution in [0.4, 0.5) is 0 Å². The number of hydrogen-bond acceptors (Lipinski definition) is 4. The molecule has 0 amide bonds. The minimum Gasteiger partial charge on any atom is -0.307 e. The largest absolute Gasteiger partial charge is 0.307 e. The van der Waals surface area contributed by atoms with Crippen LogP contribution in [0.2, 0.25) is 0 Å². The molecule has 0 saturated carbocycles. The van der Waals surface area contributed by atoms with E-state index in [0.717, 1.165) is 49.7 Å². The summed E-state index contributed by atoms with van der Waals surface area (Å²) in [5, 5.41) is 10.1. The number of pyridine rings is 3. The third kappa shape index (κ3) is 2.46. The van der Waals surface area contributed by atoms with Crippen LogP contribution in [0.5, 0.6) is 0 Å². The third-order valence-corrected chi connectivity index (χ3v) is 5.72. The minimum absolute atomic E-state index is 0.696. The fourth-order valence-corrected chi connectivity index (χ4v) is 4.44. The van der Waals surface area contributed by atoms with Crippen LogP contribution in [0.25, 0.3) is 55.4 Å². The fraction of sp³-hybridized carbons (Fsp3) is 0. The molecule has 152 valence electrons. The number of rotatable bonds is 4. The second-order valence-corrected chi connectivity index (χ2v) is 7.47. The van der Waals surface area contributed by atoms with Gasteiger partial charge >= 0.3 is 0 Å². The smallest absolute Gasteiger partial charge is 0.146 e. The van der Waals surface area contributed by atoms with E-state index in [9.17, 15) is 0 Å².